The van der Waals surface area contributed by atoms with Gasteiger partial charge in [-0.3, -0.25) is 0 Å². The van der Waals surface area contributed by atoms with Gasteiger partial charge in [0.2, 0.25) is 10.0 Å². The van der Waals surface area contributed by atoms with Crippen LogP contribution in [-0.2, 0) is 16.6 Å². The zero-order valence-electron chi connectivity index (χ0n) is 18.6. The van der Waals surface area contributed by atoms with Crippen LogP contribution in [0, 0.1) is 12.5 Å². The minimum absolute atomic E-state index is 0.0325. The topological polar surface area (TPSA) is 143 Å². The van der Waals surface area contributed by atoms with Crippen molar-refractivity contribution in [3.05, 3.63) is 65.6 Å². The van der Waals surface area contributed by atoms with E-state index >= 15 is 0 Å². The summed E-state index contributed by atoms with van der Waals surface area (Å²) in [6.07, 6.45) is 1.31. The van der Waals surface area contributed by atoms with Gasteiger partial charge in [-0.15, -0.1) is 5.11 Å². The van der Waals surface area contributed by atoms with Crippen LogP contribution < -0.4 is 11.6 Å². The maximum atomic E-state index is 14.4. The fourth-order valence-electron chi connectivity index (χ4n) is 3.72. The van der Waals surface area contributed by atoms with E-state index in [2.05, 4.69) is 10.2 Å². The first-order valence-corrected chi connectivity index (χ1v) is 11.5. The van der Waals surface area contributed by atoms with E-state index in [1.54, 1.807) is 41.0 Å². The van der Waals surface area contributed by atoms with E-state index in [1.165, 1.54) is 26.2 Å². The Morgan fingerprint density at radius 2 is 1.97 bits per heavy atom. The number of hydrogen-bond acceptors (Lipinski definition) is 6. The fraction of sp³-hybridized carbons (Fsp3) is 0.227. The Kier molecular flexibility index (Phi) is 7.06. The summed E-state index contributed by atoms with van der Waals surface area (Å²) in [6, 6.07) is 11.8. The first-order valence-electron chi connectivity index (χ1n) is 10.0. The molecule has 3 rings (SSSR count). The molecule has 0 radical (unpaired) electrons. The number of sulfonamides is 1. The quantitative estimate of drug-likeness (QED) is 0.160. The third-order valence-corrected chi connectivity index (χ3v) is 7.17. The average molecular weight is 472 g/mol. The summed E-state index contributed by atoms with van der Waals surface area (Å²) in [5.41, 5.74) is 16.1. The molecule has 0 aliphatic heterocycles. The molecule has 0 saturated carbocycles. The summed E-state index contributed by atoms with van der Waals surface area (Å²) in [5, 5.41) is 7.61. The lowest BCUT2D eigenvalue weighted by Gasteiger charge is -2.13. The number of hydrogen-bond donors (Lipinski definition) is 3. The second kappa shape index (κ2) is 9.61. The zero-order valence-corrected chi connectivity index (χ0v) is 19.4. The molecule has 174 valence electrons. The molecule has 33 heavy (non-hydrogen) atoms. The highest BCUT2D eigenvalue weighted by Gasteiger charge is 2.21. The van der Waals surface area contributed by atoms with Crippen molar-refractivity contribution in [2.24, 2.45) is 21.8 Å². The Bertz CT molecular complexity index is 1370. The normalized spacial score (nSPS) is 13.2. The molecule has 1 heterocycles. The number of aromatic nitrogens is 1. The van der Waals surface area contributed by atoms with E-state index in [-0.39, 0.29) is 29.6 Å². The highest BCUT2D eigenvalue weighted by Crippen LogP contribution is 2.37. The van der Waals surface area contributed by atoms with Crippen LogP contribution in [0.25, 0.3) is 22.0 Å². The molecular formula is C22H26FN7O2S. The number of allylic oxidation sites excluding steroid dienone is 1. The van der Waals surface area contributed by atoms with Crippen molar-refractivity contribution in [2.45, 2.75) is 18.4 Å². The number of nitrogens with one attached hydrogen (secondary N) is 1. The van der Waals surface area contributed by atoms with Crippen LogP contribution in [-0.4, -0.2) is 43.8 Å². The van der Waals surface area contributed by atoms with Crippen LogP contribution in [0.2, 0.25) is 0 Å². The zero-order chi connectivity index (χ0) is 24.3. The van der Waals surface area contributed by atoms with Gasteiger partial charge in [-0.2, -0.15) is 5.10 Å². The van der Waals surface area contributed by atoms with Crippen LogP contribution >= 0.6 is 0 Å². The summed E-state index contributed by atoms with van der Waals surface area (Å²) < 4.78 is 42.8. The summed E-state index contributed by atoms with van der Waals surface area (Å²) in [7, 11) is -0.718. The van der Waals surface area contributed by atoms with Crippen molar-refractivity contribution in [1.29, 1.82) is 5.53 Å². The van der Waals surface area contributed by atoms with Crippen molar-refractivity contribution < 1.29 is 12.8 Å². The van der Waals surface area contributed by atoms with E-state index in [4.69, 9.17) is 17.1 Å². The van der Waals surface area contributed by atoms with Gasteiger partial charge in [0, 0.05) is 48.4 Å². The summed E-state index contributed by atoms with van der Waals surface area (Å²) in [6.45, 7) is 1.88. The van der Waals surface area contributed by atoms with Gasteiger partial charge in [-0.05, 0) is 48.9 Å². The lowest BCUT2D eigenvalue weighted by molar-refractivity contribution is 0.521. The van der Waals surface area contributed by atoms with Crippen LogP contribution in [0.1, 0.15) is 11.3 Å². The minimum atomic E-state index is -3.65. The van der Waals surface area contributed by atoms with E-state index in [1.807, 2.05) is 6.92 Å². The highest BCUT2D eigenvalue weighted by molar-refractivity contribution is 7.89. The minimum Gasteiger partial charge on any atom is -0.337 e. The van der Waals surface area contributed by atoms with Crippen LogP contribution in [0.4, 0.5) is 4.39 Å². The van der Waals surface area contributed by atoms with Gasteiger partial charge in [-0.1, -0.05) is 12.1 Å². The van der Waals surface area contributed by atoms with Gasteiger partial charge in [0.1, 0.15) is 5.83 Å². The first-order chi connectivity index (χ1) is 15.6. The van der Waals surface area contributed by atoms with E-state index in [0.717, 1.165) is 20.9 Å². The number of rotatable bonds is 7. The molecule has 0 saturated heterocycles. The van der Waals surface area contributed by atoms with Crippen molar-refractivity contribution >= 4 is 26.8 Å². The lowest BCUT2D eigenvalue weighted by atomic mass is 10.0. The molecule has 0 bridgehead atoms. The molecule has 5 N–H and O–H groups in total. The predicted molar refractivity (Wildman–Crippen MR) is 127 cm³/mol. The van der Waals surface area contributed by atoms with Crippen molar-refractivity contribution in [1.82, 2.24) is 8.87 Å². The third kappa shape index (κ3) is 4.56. The Balaban J connectivity index is 2.34. The number of halogens is 1. The Morgan fingerprint density at radius 1 is 1.24 bits per heavy atom. The van der Waals surface area contributed by atoms with E-state index in [0.29, 0.717) is 16.6 Å². The van der Waals surface area contributed by atoms with Crippen molar-refractivity contribution in [2.75, 3.05) is 20.6 Å². The Labute approximate surface area is 191 Å². The number of nitrogens with two attached hydrogens (primary N) is 2. The number of nitrogens with zero attached hydrogens (tertiary/aromatic N) is 4. The number of fused-ring (bicyclic) bond motifs is 1. The largest absolute Gasteiger partial charge is 0.337 e. The van der Waals surface area contributed by atoms with Gasteiger partial charge < -0.3 is 16.1 Å². The molecule has 0 aliphatic carbocycles. The molecular weight excluding hydrogens is 445 g/mol. The lowest BCUT2D eigenvalue weighted by Crippen LogP contribution is -2.22. The fourth-order valence-corrected chi connectivity index (χ4v) is 4.67. The molecule has 9 nitrogen and oxygen atoms in total. The molecule has 11 heteroatoms. The highest BCUT2D eigenvalue weighted by atomic mass is 32.2. The molecule has 0 unspecified atom stereocenters. The summed E-state index contributed by atoms with van der Waals surface area (Å²) >= 11 is 0. The Morgan fingerprint density at radius 3 is 2.58 bits per heavy atom. The van der Waals surface area contributed by atoms with Crippen LogP contribution in [0.5, 0.6) is 0 Å². The van der Waals surface area contributed by atoms with Gasteiger partial charge in [0.25, 0.3) is 0 Å². The second-order valence-corrected chi connectivity index (χ2v) is 9.70. The number of benzene rings is 2. The maximum Gasteiger partial charge on any atom is 0.242 e. The standard InChI is InChI=1S/C22H26FN7O2S/c1-14-21(15-5-4-6-18(11-15)33(31,32)29(2)3)19-12-16(22(27-25)28-26)7-8-20(19)30(14)13-17(23)9-10-24/h4-9,11-12,25H,10,13,24,26H2,1-3H3/b17-9-,27-25?,28-22-. The number of hydrazone groups is 1. The van der Waals surface area contributed by atoms with Crippen molar-refractivity contribution in [3.8, 4) is 11.1 Å². The third-order valence-electron chi connectivity index (χ3n) is 5.36. The predicted octanol–water partition coefficient (Wildman–Crippen LogP) is 3.33. The average Bonchev–Trinajstić information content (AvgIpc) is 3.05. The van der Waals surface area contributed by atoms with Crippen molar-refractivity contribution in [3.63, 3.8) is 0 Å². The van der Waals surface area contributed by atoms with Gasteiger partial charge >= 0.3 is 0 Å². The summed E-state index contributed by atoms with van der Waals surface area (Å²) in [5.74, 6) is 5.01. The summed E-state index contributed by atoms with van der Waals surface area (Å²) in [4.78, 5) is 0.140. The SMILES string of the molecule is Cc1c(-c2cccc(S(=O)(=O)N(C)C)c2)c2cc(/C(N=N)=N/N)ccc2n1C/C(F)=C/CN. The smallest absolute Gasteiger partial charge is 0.242 e. The second-order valence-electron chi connectivity index (χ2n) is 7.54. The van der Waals surface area contributed by atoms with Gasteiger partial charge in [0.05, 0.1) is 11.4 Å². The van der Waals surface area contributed by atoms with Gasteiger partial charge in [0.15, 0.2) is 5.84 Å². The molecule has 3 aromatic rings. The number of amidine groups is 1. The molecule has 1 aromatic heterocycles. The maximum absolute atomic E-state index is 14.4. The molecule has 0 aliphatic rings. The first kappa shape index (κ1) is 24.2. The van der Waals surface area contributed by atoms with Gasteiger partial charge in [-0.25, -0.2) is 22.6 Å². The molecule has 0 amide bonds. The molecule has 0 fully saturated rings. The van der Waals surface area contributed by atoms with E-state index in [9.17, 15) is 12.8 Å². The Hall–Kier alpha value is -3.41. The monoisotopic (exact) mass is 471 g/mol. The molecule has 0 atom stereocenters. The van der Waals surface area contributed by atoms with E-state index < -0.39 is 10.0 Å². The van der Waals surface area contributed by atoms with Crippen LogP contribution in [0.15, 0.2) is 69.5 Å². The van der Waals surface area contributed by atoms with Crippen LogP contribution in [0.3, 0.4) is 0 Å². The molecule has 0 spiro atoms. The molecule has 2 aromatic carbocycles.